The summed E-state index contributed by atoms with van der Waals surface area (Å²) < 4.78 is 45.9. The van der Waals surface area contributed by atoms with Crippen molar-refractivity contribution in [3.63, 3.8) is 0 Å². The number of alkyl carbamates (subject to hydrolysis) is 1. The van der Waals surface area contributed by atoms with Crippen molar-refractivity contribution in [1.29, 1.82) is 0 Å². The Labute approximate surface area is 348 Å². The van der Waals surface area contributed by atoms with Gasteiger partial charge in [-0.2, -0.15) is 0 Å². The van der Waals surface area contributed by atoms with Crippen molar-refractivity contribution in [1.82, 2.24) is 30.2 Å². The van der Waals surface area contributed by atoms with Gasteiger partial charge in [0.25, 0.3) is 5.91 Å². The molecule has 4 amide bonds. The van der Waals surface area contributed by atoms with Gasteiger partial charge in [-0.15, -0.1) is 17.9 Å². The van der Waals surface area contributed by atoms with Crippen LogP contribution in [0.25, 0.3) is 22.3 Å². The molecule has 18 heteroatoms. The molecule has 318 valence electrons. The molecule has 4 N–H and O–H groups in total. The summed E-state index contributed by atoms with van der Waals surface area (Å²) in [5.41, 5.74) is 1.16. The van der Waals surface area contributed by atoms with Crippen molar-refractivity contribution in [3.05, 3.63) is 41.8 Å². The van der Waals surface area contributed by atoms with E-state index < -0.39 is 74.7 Å². The number of carbonyl (C=O) groups excluding carboxylic acids is 4. The summed E-state index contributed by atoms with van der Waals surface area (Å²) >= 11 is 1.46. The minimum Gasteiger partial charge on any atom is -0.496 e. The molecule has 4 aliphatic rings. The lowest BCUT2D eigenvalue weighted by Crippen LogP contribution is -2.59. The van der Waals surface area contributed by atoms with Crippen molar-refractivity contribution in [2.75, 3.05) is 25.6 Å². The quantitative estimate of drug-likeness (QED) is 0.194. The lowest BCUT2D eigenvalue weighted by Gasteiger charge is -2.31. The van der Waals surface area contributed by atoms with Gasteiger partial charge in [-0.25, -0.2) is 23.2 Å². The summed E-state index contributed by atoms with van der Waals surface area (Å²) in [7, 11) is -2.31. The highest BCUT2D eigenvalue weighted by molar-refractivity contribution is 7.91. The summed E-state index contributed by atoms with van der Waals surface area (Å²) in [5, 5.41) is 11.6. The molecular weight excluding hydrogens is 799 g/mol. The number of aromatic nitrogens is 2. The third kappa shape index (κ3) is 9.12. The minimum absolute atomic E-state index is 0.0188. The van der Waals surface area contributed by atoms with Gasteiger partial charge in [0.05, 0.1) is 36.7 Å². The second kappa shape index (κ2) is 17.0. The number of methoxy groups -OCH3 is 1. The van der Waals surface area contributed by atoms with Crippen LogP contribution in [0.4, 0.5) is 9.93 Å². The summed E-state index contributed by atoms with van der Waals surface area (Å²) in [6, 6.07) is 3.65. The van der Waals surface area contributed by atoms with E-state index in [1.807, 2.05) is 37.4 Å². The van der Waals surface area contributed by atoms with E-state index in [0.29, 0.717) is 59.5 Å². The second-order valence-corrected chi connectivity index (χ2v) is 19.3. The van der Waals surface area contributed by atoms with E-state index in [-0.39, 0.29) is 32.0 Å². The zero-order valence-corrected chi connectivity index (χ0v) is 35.7. The van der Waals surface area contributed by atoms with E-state index in [1.54, 1.807) is 21.0 Å². The molecule has 2 aromatic heterocycles. The largest absolute Gasteiger partial charge is 0.496 e. The van der Waals surface area contributed by atoms with Crippen molar-refractivity contribution in [3.8, 4) is 22.9 Å². The first-order valence-electron chi connectivity index (χ1n) is 20.3. The average molecular weight is 852 g/mol. The Morgan fingerprint density at radius 1 is 1.10 bits per heavy atom. The van der Waals surface area contributed by atoms with Gasteiger partial charge in [0, 0.05) is 41.3 Å². The minimum atomic E-state index is -3.92. The number of hydrogen-bond donors (Lipinski definition) is 4. The first kappa shape index (κ1) is 42.2. The topological polar surface area (TPSA) is 207 Å². The van der Waals surface area contributed by atoms with Crippen LogP contribution in [0.15, 0.2) is 36.2 Å². The molecule has 7 rings (SSSR count). The first-order chi connectivity index (χ1) is 28.1. The number of rotatable bonds is 11. The molecule has 4 heterocycles. The highest BCUT2D eigenvalue weighted by atomic mass is 32.2. The number of nitrogens with one attached hydrogen (secondary N) is 4. The van der Waals surface area contributed by atoms with Crippen LogP contribution in [0.3, 0.4) is 0 Å². The number of sulfonamides is 1. The Morgan fingerprint density at radius 3 is 2.56 bits per heavy atom. The Morgan fingerprint density at radius 2 is 1.88 bits per heavy atom. The number of ether oxygens (including phenoxy) is 3. The number of cyclic esters (lactones) is 1. The number of nitrogens with zero attached hydrogens (tertiary/aromatic N) is 3. The van der Waals surface area contributed by atoms with Crippen LogP contribution < -0.4 is 30.1 Å². The third-order valence-electron chi connectivity index (χ3n) is 11.3. The Balaban J connectivity index is 1.27. The molecule has 2 saturated carbocycles. The smallest absolute Gasteiger partial charge is 0.407 e. The molecule has 3 aromatic rings. The lowest BCUT2D eigenvalue weighted by molar-refractivity contribution is -0.141. The van der Waals surface area contributed by atoms with Crippen LogP contribution in [0.1, 0.15) is 78.2 Å². The zero-order chi connectivity index (χ0) is 42.2. The molecule has 0 radical (unpaired) electrons. The van der Waals surface area contributed by atoms with Crippen LogP contribution in [0.5, 0.6) is 11.5 Å². The van der Waals surface area contributed by atoms with Gasteiger partial charge < -0.3 is 35.1 Å². The Bertz CT molecular complexity index is 2240. The summed E-state index contributed by atoms with van der Waals surface area (Å²) in [4.78, 5) is 66.8. The number of amides is 4. The van der Waals surface area contributed by atoms with Crippen LogP contribution >= 0.6 is 11.3 Å². The number of carbonyl (C=O) groups is 4. The van der Waals surface area contributed by atoms with Gasteiger partial charge >= 0.3 is 6.09 Å². The van der Waals surface area contributed by atoms with Gasteiger partial charge in [-0.3, -0.25) is 19.1 Å². The normalized spacial score (nSPS) is 25.1. The van der Waals surface area contributed by atoms with Gasteiger partial charge in [0.2, 0.25) is 21.8 Å². The predicted octanol–water partition coefficient (Wildman–Crippen LogP) is 4.68. The van der Waals surface area contributed by atoms with Crippen LogP contribution in [-0.4, -0.2) is 102 Å². The highest BCUT2D eigenvalue weighted by Gasteiger charge is 2.62. The average Bonchev–Trinajstić information content (AvgIpc) is 4.08. The van der Waals surface area contributed by atoms with Gasteiger partial charge in [0.1, 0.15) is 40.9 Å². The fourth-order valence-electron chi connectivity index (χ4n) is 7.78. The summed E-state index contributed by atoms with van der Waals surface area (Å²) in [6.07, 6.45) is 3.92. The molecule has 2 aliphatic carbocycles. The monoisotopic (exact) mass is 851 g/mol. The van der Waals surface area contributed by atoms with Crippen molar-refractivity contribution in [2.45, 2.75) is 114 Å². The number of thiazole rings is 1. The predicted molar refractivity (Wildman–Crippen MR) is 223 cm³/mol. The van der Waals surface area contributed by atoms with Gasteiger partial charge in [-0.05, 0) is 76.3 Å². The number of hydrogen-bond acceptors (Lipinski definition) is 13. The molecule has 0 spiro atoms. The van der Waals surface area contributed by atoms with E-state index in [9.17, 15) is 27.6 Å². The maximum absolute atomic E-state index is 14.5. The molecule has 4 bridgehead atoms. The highest BCUT2D eigenvalue weighted by Crippen LogP contribution is 2.46. The van der Waals surface area contributed by atoms with Gasteiger partial charge in [0.15, 0.2) is 5.13 Å². The molecule has 59 heavy (non-hydrogen) atoms. The SMILES string of the molecule is C=C[C@H]1C[C@]1(NC(=O)[C@@H]1C[C@@H]2CN1C(=O)[C@H](C(C)C)NC(=O)OCCCCCc1cc3c(cc(-c4csc(NC(C)C)n4)nc3cc1OC)O2)C(=O)NS(=O)(=O)C1CC1. The standard InChI is InChI=1S/C41H53N7O9S2/c1-7-25-19-41(25,38(51)47-59(53,54)27-12-13-27)46-36(49)32-16-26-20-48(32)37(50)35(22(2)3)45-40(52)56-14-10-8-9-11-24-15-28-29(17-33(24)55-6)43-30(18-34(28)57-26)31-21-58-39(44-31)42-23(4)5/h7,15,17-18,21-23,25-27,32,35H,1,8-14,16,19-20H2,2-6H3,(H,42,44)(H,45,52)(H,46,49)(H,47,51)/t25-,26+,32-,35-,41+/m0/s1. The molecule has 1 saturated heterocycles. The zero-order valence-electron chi connectivity index (χ0n) is 34.0. The van der Waals surface area contributed by atoms with E-state index in [0.717, 1.165) is 23.5 Å². The molecule has 3 fully saturated rings. The summed E-state index contributed by atoms with van der Waals surface area (Å²) in [6.45, 7) is 11.5. The van der Waals surface area contributed by atoms with E-state index in [2.05, 4.69) is 27.3 Å². The van der Waals surface area contributed by atoms with Crippen molar-refractivity contribution in [2.24, 2.45) is 11.8 Å². The summed E-state index contributed by atoms with van der Waals surface area (Å²) in [5.74, 6) is -1.83. The molecule has 1 aromatic carbocycles. The molecular formula is C41H53N7O9S2. The van der Waals surface area contributed by atoms with Crippen LogP contribution in [-0.2, 0) is 35.6 Å². The fraction of sp³-hybridized carbons (Fsp3) is 0.561. The van der Waals surface area contributed by atoms with Crippen molar-refractivity contribution >= 4 is 61.2 Å². The molecule has 2 aliphatic heterocycles. The number of benzene rings is 1. The van der Waals surface area contributed by atoms with Crippen molar-refractivity contribution < 1.29 is 41.8 Å². The number of pyridine rings is 1. The van der Waals surface area contributed by atoms with E-state index in [4.69, 9.17) is 24.2 Å². The van der Waals surface area contributed by atoms with E-state index in [1.165, 1.54) is 22.3 Å². The third-order valence-corrected chi connectivity index (χ3v) is 13.9. The number of anilines is 1. The van der Waals surface area contributed by atoms with Crippen LogP contribution in [0.2, 0.25) is 0 Å². The maximum atomic E-state index is 14.5. The first-order valence-corrected chi connectivity index (χ1v) is 22.7. The Hall–Kier alpha value is -4.97. The van der Waals surface area contributed by atoms with E-state index >= 15 is 0 Å². The fourth-order valence-corrected chi connectivity index (χ4v) is 10.00. The molecule has 0 unspecified atom stereocenters. The van der Waals surface area contributed by atoms with Crippen LogP contribution in [0, 0.1) is 11.8 Å². The number of fused-ring (bicyclic) bond motifs is 3. The lowest BCUT2D eigenvalue weighted by atomic mass is 10.0. The molecule has 16 nitrogen and oxygen atoms in total. The number of aryl methyl sites for hydroxylation is 1. The Kier molecular flexibility index (Phi) is 12.1. The van der Waals surface area contributed by atoms with Gasteiger partial charge in [-0.1, -0.05) is 19.9 Å². The second-order valence-electron chi connectivity index (χ2n) is 16.5. The maximum Gasteiger partial charge on any atom is 0.407 e. The molecule has 5 atom stereocenters.